The number of imidazole rings is 1. The van der Waals surface area contributed by atoms with Crippen molar-refractivity contribution in [2.45, 2.75) is 61.9 Å². The Labute approximate surface area is 244 Å². The number of esters is 1. The molecule has 4 N–H and O–H groups in total. The van der Waals surface area contributed by atoms with E-state index in [4.69, 9.17) is 30.7 Å². The molecule has 0 aliphatic carbocycles. The first-order valence-corrected chi connectivity index (χ1v) is 14.8. The number of aromatic nitrogens is 4. The minimum atomic E-state index is -0.850. The van der Waals surface area contributed by atoms with Crippen molar-refractivity contribution in [3.8, 4) is 11.5 Å². The van der Waals surface area contributed by atoms with Crippen molar-refractivity contribution in [1.82, 2.24) is 24.4 Å². The standard InChI is InChI=1S/C26H32BrN7O5S/c1-14(28)25(36)39-15(2)24(35)33-6-3-16(4-7-33)5-8-34-23-21(22(29)30-13-31-23)32-26(34)40-20-12-19-18(11-17(20)27)37-9-10-38-19/h11-16H,3-10,28H2,1-2H3,(H2,29,30,31). The fourth-order valence-corrected chi connectivity index (χ4v) is 6.29. The number of likely N-dealkylation sites (tertiary alicyclic amines) is 1. The van der Waals surface area contributed by atoms with Crippen LogP contribution in [0.2, 0.25) is 0 Å². The van der Waals surface area contributed by atoms with Crippen LogP contribution in [0.1, 0.15) is 33.1 Å². The predicted octanol–water partition coefficient (Wildman–Crippen LogP) is 3.00. The molecule has 2 aliphatic heterocycles. The van der Waals surface area contributed by atoms with Gasteiger partial charge < -0.3 is 35.1 Å². The van der Waals surface area contributed by atoms with Gasteiger partial charge in [0.25, 0.3) is 5.91 Å². The number of hydrogen-bond acceptors (Lipinski definition) is 11. The maximum atomic E-state index is 12.8. The van der Waals surface area contributed by atoms with E-state index in [2.05, 4.69) is 30.5 Å². The molecule has 12 nitrogen and oxygen atoms in total. The first kappa shape index (κ1) is 28.4. The Kier molecular flexibility index (Phi) is 8.66. The maximum absolute atomic E-state index is 12.8. The van der Waals surface area contributed by atoms with Gasteiger partial charge in [0.2, 0.25) is 0 Å². The van der Waals surface area contributed by atoms with Crippen LogP contribution in [-0.2, 0) is 20.9 Å². The molecule has 2 aliphatic rings. The van der Waals surface area contributed by atoms with E-state index in [1.165, 1.54) is 25.0 Å². The van der Waals surface area contributed by atoms with Gasteiger partial charge in [-0.3, -0.25) is 9.59 Å². The van der Waals surface area contributed by atoms with Crippen molar-refractivity contribution in [3.63, 3.8) is 0 Å². The summed E-state index contributed by atoms with van der Waals surface area (Å²) < 4.78 is 19.6. The lowest BCUT2D eigenvalue weighted by molar-refractivity contribution is -0.160. The summed E-state index contributed by atoms with van der Waals surface area (Å²) in [6, 6.07) is 3.09. The molecule has 0 bridgehead atoms. The number of carbonyl (C=O) groups excluding carboxylic acids is 2. The highest BCUT2D eigenvalue weighted by atomic mass is 79.9. The van der Waals surface area contributed by atoms with Crippen molar-refractivity contribution in [2.75, 3.05) is 32.0 Å². The summed E-state index contributed by atoms with van der Waals surface area (Å²) in [6.45, 7) is 6.04. The third-order valence-electron chi connectivity index (χ3n) is 7.02. The maximum Gasteiger partial charge on any atom is 0.323 e. The third-order valence-corrected chi connectivity index (χ3v) is 8.99. The number of carbonyl (C=O) groups is 2. The number of nitrogens with zero attached hydrogens (tertiary/aromatic N) is 5. The van der Waals surface area contributed by atoms with Gasteiger partial charge >= 0.3 is 5.97 Å². The second-order valence-electron chi connectivity index (χ2n) is 9.93. The van der Waals surface area contributed by atoms with E-state index in [1.54, 1.807) is 11.8 Å². The van der Waals surface area contributed by atoms with Crippen molar-refractivity contribution < 1.29 is 23.8 Å². The van der Waals surface area contributed by atoms with E-state index in [-0.39, 0.29) is 5.91 Å². The molecule has 14 heteroatoms. The lowest BCUT2D eigenvalue weighted by atomic mass is 9.93. The van der Waals surface area contributed by atoms with Crippen LogP contribution in [0.3, 0.4) is 0 Å². The minimum absolute atomic E-state index is 0.191. The van der Waals surface area contributed by atoms with Crippen molar-refractivity contribution in [3.05, 3.63) is 22.9 Å². The molecule has 40 heavy (non-hydrogen) atoms. The number of ether oxygens (including phenoxy) is 3. The number of rotatable bonds is 8. The molecule has 1 amide bonds. The highest BCUT2D eigenvalue weighted by molar-refractivity contribution is 9.10. The number of piperidine rings is 1. The number of aryl methyl sites for hydroxylation is 1. The quantitative estimate of drug-likeness (QED) is 0.351. The number of halogens is 1. The Bertz CT molecular complexity index is 1410. The van der Waals surface area contributed by atoms with E-state index in [1.807, 2.05) is 12.1 Å². The first-order chi connectivity index (χ1) is 19.2. The molecular weight excluding hydrogens is 602 g/mol. The molecule has 214 valence electrons. The summed E-state index contributed by atoms with van der Waals surface area (Å²) >= 11 is 5.14. The van der Waals surface area contributed by atoms with Crippen LogP contribution >= 0.6 is 27.7 Å². The first-order valence-electron chi connectivity index (χ1n) is 13.2. The second kappa shape index (κ2) is 12.2. The van der Waals surface area contributed by atoms with E-state index >= 15 is 0 Å². The van der Waals surface area contributed by atoms with Crippen molar-refractivity contribution >= 4 is 56.6 Å². The largest absolute Gasteiger partial charge is 0.486 e. The van der Waals surface area contributed by atoms with Crippen LogP contribution in [-0.4, -0.2) is 74.7 Å². The Hall–Kier alpha value is -3.10. The van der Waals surface area contributed by atoms with Gasteiger partial charge in [-0.2, -0.15) is 0 Å². The van der Waals surface area contributed by atoms with Gasteiger partial charge in [-0.15, -0.1) is 0 Å². The fourth-order valence-electron chi connectivity index (χ4n) is 4.78. The molecule has 0 radical (unpaired) electrons. The van der Waals surface area contributed by atoms with Gasteiger partial charge in [0.15, 0.2) is 39.7 Å². The van der Waals surface area contributed by atoms with Crippen LogP contribution in [0, 0.1) is 5.92 Å². The van der Waals surface area contributed by atoms with E-state index < -0.39 is 18.1 Å². The predicted molar refractivity (Wildman–Crippen MR) is 152 cm³/mol. The summed E-state index contributed by atoms with van der Waals surface area (Å²) in [5, 5.41) is 0.747. The monoisotopic (exact) mass is 633 g/mol. The summed E-state index contributed by atoms with van der Waals surface area (Å²) in [6.07, 6.45) is 3.17. The zero-order valence-electron chi connectivity index (χ0n) is 22.3. The van der Waals surface area contributed by atoms with E-state index in [9.17, 15) is 9.59 Å². The number of nitrogens with two attached hydrogens (primary N) is 2. The topological polar surface area (TPSA) is 161 Å². The van der Waals surface area contributed by atoms with Crippen LogP contribution in [0.4, 0.5) is 5.82 Å². The summed E-state index contributed by atoms with van der Waals surface area (Å²) in [7, 11) is 0. The third kappa shape index (κ3) is 6.13. The Balaban J connectivity index is 1.27. The number of hydrogen-bond donors (Lipinski definition) is 2. The van der Waals surface area contributed by atoms with Crippen LogP contribution in [0.5, 0.6) is 11.5 Å². The van der Waals surface area contributed by atoms with Gasteiger partial charge in [0.1, 0.15) is 25.6 Å². The fraction of sp³-hybridized carbons (Fsp3) is 0.500. The average molecular weight is 635 g/mol. The van der Waals surface area contributed by atoms with Crippen LogP contribution < -0.4 is 20.9 Å². The summed E-state index contributed by atoms with van der Waals surface area (Å²) in [5.41, 5.74) is 12.9. The Morgan fingerprint density at radius 3 is 2.58 bits per heavy atom. The number of benzene rings is 1. The molecule has 2 aromatic heterocycles. The molecular formula is C26H32BrN7O5S. The minimum Gasteiger partial charge on any atom is -0.486 e. The zero-order chi connectivity index (χ0) is 28.4. The molecule has 5 rings (SSSR count). The smallest absolute Gasteiger partial charge is 0.323 e. The average Bonchev–Trinajstić information content (AvgIpc) is 3.30. The molecule has 4 heterocycles. The molecule has 1 aromatic carbocycles. The number of fused-ring (bicyclic) bond motifs is 2. The van der Waals surface area contributed by atoms with E-state index in [0.717, 1.165) is 33.8 Å². The molecule has 1 fully saturated rings. The van der Waals surface area contributed by atoms with E-state index in [0.29, 0.717) is 67.2 Å². The van der Waals surface area contributed by atoms with Gasteiger partial charge in [0, 0.05) is 29.0 Å². The molecule has 1 saturated heterocycles. The SMILES string of the molecule is CC(N)C(=O)OC(C)C(=O)N1CCC(CCn2c(Sc3cc4c(cc3Br)OCCO4)nc3c(N)ncnc32)CC1. The van der Waals surface area contributed by atoms with Crippen molar-refractivity contribution in [2.24, 2.45) is 11.7 Å². The van der Waals surface area contributed by atoms with Gasteiger partial charge in [0.05, 0.1) is 0 Å². The zero-order valence-corrected chi connectivity index (χ0v) is 24.7. The van der Waals surface area contributed by atoms with Gasteiger partial charge in [-0.1, -0.05) is 11.8 Å². The number of nitrogen functional groups attached to an aromatic ring is 1. The van der Waals surface area contributed by atoms with Gasteiger partial charge in [-0.25, -0.2) is 15.0 Å². The lowest BCUT2D eigenvalue weighted by Crippen LogP contribution is -2.45. The lowest BCUT2D eigenvalue weighted by Gasteiger charge is -2.33. The highest BCUT2D eigenvalue weighted by Gasteiger charge is 2.29. The molecule has 2 unspecified atom stereocenters. The molecule has 3 aromatic rings. The Morgan fingerprint density at radius 2 is 1.88 bits per heavy atom. The number of amides is 1. The van der Waals surface area contributed by atoms with Crippen LogP contribution in [0.15, 0.2) is 33.0 Å². The van der Waals surface area contributed by atoms with Gasteiger partial charge in [-0.05, 0) is 67.1 Å². The normalized spacial score (nSPS) is 17.1. The highest BCUT2D eigenvalue weighted by Crippen LogP contribution is 2.42. The Morgan fingerprint density at radius 1 is 1.18 bits per heavy atom. The van der Waals surface area contributed by atoms with Crippen LogP contribution in [0.25, 0.3) is 11.2 Å². The number of anilines is 1. The molecule has 2 atom stereocenters. The van der Waals surface area contributed by atoms with Crippen molar-refractivity contribution in [1.29, 1.82) is 0 Å². The molecule has 0 spiro atoms. The molecule has 0 saturated carbocycles. The summed E-state index contributed by atoms with van der Waals surface area (Å²) in [5.74, 6) is 1.37. The second-order valence-corrected chi connectivity index (χ2v) is 11.8. The summed E-state index contributed by atoms with van der Waals surface area (Å²) in [4.78, 5) is 40.6.